The summed E-state index contributed by atoms with van der Waals surface area (Å²) in [7, 11) is 0. The molecule has 1 aromatic carbocycles. The number of para-hydroxylation sites is 1. The maximum absolute atomic E-state index is 12.9. The van der Waals surface area contributed by atoms with Crippen LogP contribution in [-0.4, -0.2) is 18.4 Å². The maximum Gasteiger partial charge on any atom is 0.418 e. The molecule has 0 N–H and O–H groups in total. The Morgan fingerprint density at radius 2 is 1.83 bits per heavy atom. The first-order valence-electron chi connectivity index (χ1n) is 5.97. The Labute approximate surface area is 114 Å². The predicted molar refractivity (Wildman–Crippen MR) is 72.4 cm³/mol. The van der Waals surface area contributed by atoms with E-state index in [0.717, 1.165) is 18.9 Å². The van der Waals surface area contributed by atoms with Gasteiger partial charge < -0.3 is 4.90 Å². The van der Waals surface area contributed by atoms with Crippen LogP contribution in [0.1, 0.15) is 25.3 Å². The Balaban J connectivity index is 3.03. The first-order chi connectivity index (χ1) is 8.50. The SMILES string of the molecule is CCCCN(CCBr)c1ccccc1C(F)(F)F. The molecule has 102 valence electrons. The van der Waals surface area contributed by atoms with Gasteiger partial charge in [0.05, 0.1) is 5.56 Å². The van der Waals surface area contributed by atoms with Crippen molar-refractivity contribution in [1.82, 2.24) is 0 Å². The van der Waals surface area contributed by atoms with E-state index in [1.807, 2.05) is 6.92 Å². The molecular formula is C13H17BrF3N. The van der Waals surface area contributed by atoms with Crippen molar-refractivity contribution >= 4 is 21.6 Å². The minimum absolute atomic E-state index is 0.276. The number of benzene rings is 1. The topological polar surface area (TPSA) is 3.24 Å². The number of hydrogen-bond acceptors (Lipinski definition) is 1. The summed E-state index contributed by atoms with van der Waals surface area (Å²) in [4.78, 5) is 1.79. The molecule has 0 saturated carbocycles. The highest BCUT2D eigenvalue weighted by atomic mass is 79.9. The molecular weight excluding hydrogens is 307 g/mol. The highest BCUT2D eigenvalue weighted by molar-refractivity contribution is 9.09. The molecule has 1 rings (SSSR count). The van der Waals surface area contributed by atoms with E-state index >= 15 is 0 Å². The molecule has 0 saturated heterocycles. The van der Waals surface area contributed by atoms with E-state index in [1.54, 1.807) is 17.0 Å². The lowest BCUT2D eigenvalue weighted by Gasteiger charge is -2.27. The lowest BCUT2D eigenvalue weighted by Crippen LogP contribution is -2.28. The zero-order chi connectivity index (χ0) is 13.6. The van der Waals surface area contributed by atoms with Crippen molar-refractivity contribution in [3.05, 3.63) is 29.8 Å². The molecule has 18 heavy (non-hydrogen) atoms. The summed E-state index contributed by atoms with van der Waals surface area (Å²) < 4.78 is 38.8. The van der Waals surface area contributed by atoms with Crippen molar-refractivity contribution in [3.8, 4) is 0 Å². The van der Waals surface area contributed by atoms with Gasteiger partial charge in [0.1, 0.15) is 0 Å². The number of halogens is 4. The van der Waals surface area contributed by atoms with Gasteiger partial charge in [-0.3, -0.25) is 0 Å². The van der Waals surface area contributed by atoms with E-state index in [9.17, 15) is 13.2 Å². The monoisotopic (exact) mass is 323 g/mol. The number of alkyl halides is 4. The molecule has 0 amide bonds. The number of hydrogen-bond donors (Lipinski definition) is 0. The molecule has 0 heterocycles. The molecule has 0 radical (unpaired) electrons. The van der Waals surface area contributed by atoms with Crippen LogP contribution >= 0.6 is 15.9 Å². The number of unbranched alkanes of at least 4 members (excludes halogenated alkanes) is 1. The average Bonchev–Trinajstić information content (AvgIpc) is 2.33. The molecule has 0 fully saturated rings. The fraction of sp³-hybridized carbons (Fsp3) is 0.538. The highest BCUT2D eigenvalue weighted by Crippen LogP contribution is 2.36. The van der Waals surface area contributed by atoms with Gasteiger partial charge in [0.15, 0.2) is 0 Å². The molecule has 1 nitrogen and oxygen atoms in total. The lowest BCUT2D eigenvalue weighted by molar-refractivity contribution is -0.137. The van der Waals surface area contributed by atoms with Crippen LogP contribution in [0.3, 0.4) is 0 Å². The minimum atomic E-state index is -4.30. The van der Waals surface area contributed by atoms with Gasteiger partial charge in [-0.05, 0) is 18.6 Å². The van der Waals surface area contributed by atoms with Gasteiger partial charge in [0.2, 0.25) is 0 Å². The molecule has 0 unspecified atom stereocenters. The molecule has 5 heteroatoms. The van der Waals surface area contributed by atoms with Crippen LogP contribution in [0.4, 0.5) is 18.9 Å². The second kappa shape index (κ2) is 7.02. The lowest BCUT2D eigenvalue weighted by atomic mass is 10.1. The summed E-state index contributed by atoms with van der Waals surface area (Å²) in [6.07, 6.45) is -2.44. The van der Waals surface area contributed by atoms with E-state index in [0.29, 0.717) is 18.4 Å². The summed E-state index contributed by atoms with van der Waals surface area (Å²) in [5.41, 5.74) is -0.278. The first-order valence-corrected chi connectivity index (χ1v) is 7.10. The molecule has 0 aromatic heterocycles. The molecule has 0 bridgehead atoms. The van der Waals surface area contributed by atoms with Gasteiger partial charge in [0.25, 0.3) is 0 Å². The van der Waals surface area contributed by atoms with Crippen molar-refractivity contribution in [2.45, 2.75) is 25.9 Å². The van der Waals surface area contributed by atoms with Gasteiger partial charge in [-0.25, -0.2) is 0 Å². The summed E-state index contributed by atoms with van der Waals surface area (Å²) in [6, 6.07) is 5.76. The quantitative estimate of drug-likeness (QED) is 0.685. The summed E-state index contributed by atoms with van der Waals surface area (Å²) in [5, 5.41) is 0.656. The standard InChI is InChI=1S/C13H17BrF3N/c1-2-3-9-18(10-8-14)12-7-5-4-6-11(12)13(15,16)17/h4-7H,2-3,8-10H2,1H3. The Bertz CT molecular complexity index is 365. The summed E-state index contributed by atoms with van der Waals surface area (Å²) in [6.45, 7) is 3.25. The van der Waals surface area contributed by atoms with Crippen LogP contribution in [0.25, 0.3) is 0 Å². The number of rotatable bonds is 6. The van der Waals surface area contributed by atoms with E-state index < -0.39 is 11.7 Å². The first kappa shape index (κ1) is 15.3. The largest absolute Gasteiger partial charge is 0.418 e. The molecule has 0 aliphatic rings. The Hall–Kier alpha value is -0.710. The minimum Gasteiger partial charge on any atom is -0.370 e. The van der Waals surface area contributed by atoms with Crippen LogP contribution in [0, 0.1) is 0 Å². The Morgan fingerprint density at radius 3 is 2.39 bits per heavy atom. The maximum atomic E-state index is 12.9. The smallest absolute Gasteiger partial charge is 0.370 e. The van der Waals surface area contributed by atoms with Gasteiger partial charge in [-0.15, -0.1) is 0 Å². The zero-order valence-corrected chi connectivity index (χ0v) is 11.9. The highest BCUT2D eigenvalue weighted by Gasteiger charge is 2.34. The molecule has 0 atom stereocenters. The van der Waals surface area contributed by atoms with Gasteiger partial charge in [-0.2, -0.15) is 13.2 Å². The van der Waals surface area contributed by atoms with Gasteiger partial charge >= 0.3 is 6.18 Å². The second-order valence-electron chi connectivity index (χ2n) is 4.04. The van der Waals surface area contributed by atoms with Gasteiger partial charge in [0, 0.05) is 24.1 Å². The zero-order valence-electron chi connectivity index (χ0n) is 10.3. The fourth-order valence-electron chi connectivity index (χ4n) is 1.79. The predicted octanol–water partition coefficient (Wildman–Crippen LogP) is 4.71. The fourth-order valence-corrected chi connectivity index (χ4v) is 2.22. The van der Waals surface area contributed by atoms with Crippen LogP contribution in [0.15, 0.2) is 24.3 Å². The van der Waals surface area contributed by atoms with E-state index in [4.69, 9.17) is 0 Å². The number of anilines is 1. The normalized spacial score (nSPS) is 11.6. The molecule has 0 spiro atoms. The van der Waals surface area contributed by atoms with Gasteiger partial charge in [-0.1, -0.05) is 41.4 Å². The Kier molecular flexibility index (Phi) is 5.99. The second-order valence-corrected chi connectivity index (χ2v) is 4.84. The molecule has 0 aliphatic heterocycles. The van der Waals surface area contributed by atoms with E-state index in [1.165, 1.54) is 6.07 Å². The Morgan fingerprint density at radius 1 is 1.17 bits per heavy atom. The van der Waals surface area contributed by atoms with Crippen molar-refractivity contribution in [2.75, 3.05) is 23.3 Å². The van der Waals surface area contributed by atoms with Crippen molar-refractivity contribution in [2.24, 2.45) is 0 Å². The average molecular weight is 324 g/mol. The molecule has 0 aliphatic carbocycles. The summed E-state index contributed by atoms with van der Waals surface area (Å²) in [5.74, 6) is 0. The third-order valence-corrected chi connectivity index (χ3v) is 3.04. The van der Waals surface area contributed by atoms with E-state index in [-0.39, 0.29) is 5.69 Å². The van der Waals surface area contributed by atoms with Crippen LogP contribution in [-0.2, 0) is 6.18 Å². The number of nitrogens with zero attached hydrogens (tertiary/aromatic N) is 1. The molecule has 1 aromatic rings. The summed E-state index contributed by atoms with van der Waals surface area (Å²) >= 11 is 3.29. The van der Waals surface area contributed by atoms with Crippen molar-refractivity contribution in [3.63, 3.8) is 0 Å². The van der Waals surface area contributed by atoms with Crippen LogP contribution < -0.4 is 4.90 Å². The van der Waals surface area contributed by atoms with Crippen LogP contribution in [0.5, 0.6) is 0 Å². The van der Waals surface area contributed by atoms with Crippen molar-refractivity contribution < 1.29 is 13.2 Å². The third-order valence-electron chi connectivity index (χ3n) is 2.69. The van der Waals surface area contributed by atoms with Crippen molar-refractivity contribution in [1.29, 1.82) is 0 Å². The third kappa shape index (κ3) is 4.19. The van der Waals surface area contributed by atoms with Crippen LogP contribution in [0.2, 0.25) is 0 Å². The van der Waals surface area contributed by atoms with E-state index in [2.05, 4.69) is 15.9 Å².